The monoisotopic (exact) mass is 1110 g/mol. The summed E-state index contributed by atoms with van der Waals surface area (Å²) >= 11 is 15.5. The number of carbonyl (C=O) groups excluding carboxylic acids is 3. The third kappa shape index (κ3) is 45.1. The molecule has 9 fully saturated rings. The third-order valence-electron chi connectivity index (χ3n) is 14.1. The fourth-order valence-corrected chi connectivity index (χ4v) is 10.5. The highest BCUT2D eigenvalue weighted by Gasteiger charge is 2.51. The molecular weight excluding hydrogens is 995 g/mol. The number of rotatable bonds is 5. The van der Waals surface area contributed by atoms with Gasteiger partial charge in [-0.1, -0.05) is 144 Å². The van der Waals surface area contributed by atoms with Crippen LogP contribution in [0.25, 0.3) is 0 Å². The average molecular weight is 1120 g/mol. The fourth-order valence-electron chi connectivity index (χ4n) is 10.1. The number of fused-ring (bicyclic) bond motifs is 2. The lowest BCUT2D eigenvalue weighted by Gasteiger charge is -2.53. The van der Waals surface area contributed by atoms with E-state index in [1.165, 1.54) is 77.7 Å². The molecule has 4 atom stereocenters. The second-order valence-electron chi connectivity index (χ2n) is 23.3. The normalized spacial score (nSPS) is 26.6. The lowest BCUT2D eigenvalue weighted by molar-refractivity contribution is -0.145. The Balaban J connectivity index is -0.000000369. The number of carbonyl (C=O) groups is 3. The Morgan fingerprint density at radius 2 is 1.09 bits per heavy atom. The first-order chi connectivity index (χ1) is 34.7. The van der Waals surface area contributed by atoms with E-state index in [2.05, 4.69) is 80.6 Å². The quantitative estimate of drug-likeness (QED) is 0.163. The van der Waals surface area contributed by atoms with Crippen LogP contribution in [0.4, 0.5) is 0 Å². The number of ether oxygens (including phenoxy) is 5. The van der Waals surface area contributed by atoms with Crippen LogP contribution >= 0.6 is 34.8 Å². The summed E-state index contributed by atoms with van der Waals surface area (Å²) in [6.07, 6.45) is 27.9. The molecule has 1 N–H and O–H groups in total. The number of alkyl halides is 3. The molecule has 6 bridgehead atoms. The van der Waals surface area contributed by atoms with Gasteiger partial charge in [-0.25, -0.2) is 0 Å². The maximum absolute atomic E-state index is 10.4. The van der Waals surface area contributed by atoms with Crippen LogP contribution in [0.5, 0.6) is 0 Å². The summed E-state index contributed by atoms with van der Waals surface area (Å²) in [6, 6.07) is 0. The van der Waals surface area contributed by atoms with Crippen molar-refractivity contribution in [3.8, 4) is 0 Å². The molecule has 9 rings (SSSR count). The van der Waals surface area contributed by atoms with Gasteiger partial charge in [0.15, 0.2) is 12.1 Å². The van der Waals surface area contributed by atoms with E-state index in [-0.39, 0.29) is 30.2 Å². The second-order valence-corrected chi connectivity index (χ2v) is 25.6. The van der Waals surface area contributed by atoms with Crippen LogP contribution in [0.15, 0.2) is 12.7 Å². The lowest BCUT2D eigenvalue weighted by atomic mass is 9.52. The molecule has 9 aliphatic rings. The predicted octanol–water partition coefficient (Wildman–Crippen LogP) is 18.2. The summed E-state index contributed by atoms with van der Waals surface area (Å²) in [6.45, 7) is 42.1. The molecule has 12 heteroatoms. The maximum atomic E-state index is 10.4. The van der Waals surface area contributed by atoms with Crippen molar-refractivity contribution in [3.63, 3.8) is 0 Å². The minimum atomic E-state index is -1.71. The van der Waals surface area contributed by atoms with Crippen molar-refractivity contribution in [2.75, 3.05) is 53.9 Å². The van der Waals surface area contributed by atoms with Gasteiger partial charge < -0.3 is 33.6 Å². The number of aliphatic hydroxyl groups excluding tert-OH is 1. The van der Waals surface area contributed by atoms with Crippen molar-refractivity contribution >= 4 is 52.3 Å². The highest BCUT2D eigenvalue weighted by atomic mass is 35.6. The number of hydrogen-bond donors (Lipinski definition) is 1. The summed E-state index contributed by atoms with van der Waals surface area (Å²) in [5, 5.41) is 7.88. The minimum Gasteiger partial charge on any atom is -0.469 e. The summed E-state index contributed by atoms with van der Waals surface area (Å²) in [5.41, 5.74) is 1.19. The van der Waals surface area contributed by atoms with E-state index >= 15 is 0 Å². The van der Waals surface area contributed by atoms with Crippen molar-refractivity contribution in [1.29, 1.82) is 0 Å². The van der Waals surface area contributed by atoms with Crippen LogP contribution in [0, 0.1) is 58.2 Å². The Bertz CT molecular complexity index is 1240. The molecular formula is C62H121Cl3O9. The number of ketones is 2. The standard InChI is InChI=1S/C11H18.C10H18.C6H12O2.C5H10O.C5H12.C4H5Cl3O.C4H8O2.2C4H8O.C3H8O.C3H8.C3H6/c1-7-10-3-8-2-9(5-10)6-11(7)4-8;1-7-6-8-4-5-9(7)10(8,2)3;1-7-6-4-2-3-5-8-6;1-2-4-6-5-3-1;1-5(2,3)4;1-2-3(8)4(5,6)7;1-3-4(5)6-2;1-2-4-5-3-1;1-3-4(2)5;1-2-3-4;2*1-3-2/h7-11H,2-6H2,1H3;7-9H,4-6H2,1-3H3;6H,2-5H2,1H3;1-5H2;1-4H3;2H2,1H3;3H2,1-2H3;1-4H2;3H2,1-2H3;4H,2-3H2,1H3;3H2,1-2H3;3H,1H2,2H3. The number of allylic oxidation sites excluding steroid dienone is 1. The number of methoxy groups -OCH3 is 2. The summed E-state index contributed by atoms with van der Waals surface area (Å²) in [7, 11) is 3.07. The molecule has 6 aliphatic carbocycles. The van der Waals surface area contributed by atoms with Gasteiger partial charge in [0.2, 0.25) is 3.79 Å². The van der Waals surface area contributed by atoms with E-state index < -0.39 is 3.79 Å². The number of aliphatic hydroxyl groups is 1. The first-order valence-electron chi connectivity index (χ1n) is 29.3. The molecule has 444 valence electrons. The van der Waals surface area contributed by atoms with E-state index in [1.54, 1.807) is 66.1 Å². The van der Waals surface area contributed by atoms with Gasteiger partial charge in [-0.15, -0.1) is 6.58 Å². The SMILES string of the molecule is C1CCOC1.C1CCOCC1.C=CC.CC(C)(C)C.CC1C2CC3CC(C2)CC1C3.CC1CC2CCC1C2(C)C.CCC.CCC(=O)C(Cl)(Cl)Cl.CCC(=O)OC.CCC(C)=O.CCCO.COC1CCCCO1. The molecule has 0 aromatic rings. The molecule has 0 radical (unpaired) electrons. The van der Waals surface area contributed by atoms with Crippen LogP contribution in [0.3, 0.4) is 0 Å². The van der Waals surface area contributed by atoms with E-state index in [9.17, 15) is 14.4 Å². The van der Waals surface area contributed by atoms with Crippen LogP contribution in [0.1, 0.15) is 246 Å². The zero-order valence-electron chi connectivity index (χ0n) is 51.4. The van der Waals surface area contributed by atoms with Gasteiger partial charge in [-0.05, 0) is 181 Å². The van der Waals surface area contributed by atoms with Crippen molar-refractivity contribution in [2.45, 2.75) is 256 Å². The lowest BCUT2D eigenvalue weighted by Crippen LogP contribution is -2.43. The summed E-state index contributed by atoms with van der Waals surface area (Å²) < 4.78 is 22.7. The highest BCUT2D eigenvalue weighted by Crippen LogP contribution is 2.60. The van der Waals surface area contributed by atoms with Gasteiger partial charge in [-0.2, -0.15) is 0 Å². The third-order valence-corrected chi connectivity index (χ3v) is 14.7. The van der Waals surface area contributed by atoms with Gasteiger partial charge in [0.25, 0.3) is 0 Å². The zero-order chi connectivity index (χ0) is 57.8. The molecule has 3 heterocycles. The van der Waals surface area contributed by atoms with Crippen molar-refractivity contribution < 1.29 is 43.2 Å². The van der Waals surface area contributed by atoms with E-state index in [4.69, 9.17) is 58.9 Å². The Kier molecular flexibility index (Phi) is 53.1. The smallest absolute Gasteiger partial charge is 0.305 e. The molecule has 0 spiro atoms. The van der Waals surface area contributed by atoms with Gasteiger partial charge in [0, 0.05) is 66.0 Å². The number of Topliss-reactive ketones (excluding diaryl/α,β-unsaturated/α-hetero) is 2. The molecule has 9 nitrogen and oxygen atoms in total. The largest absolute Gasteiger partial charge is 0.469 e. The fraction of sp³-hybridized carbons (Fsp3) is 0.919. The summed E-state index contributed by atoms with van der Waals surface area (Å²) in [4.78, 5) is 30.2. The van der Waals surface area contributed by atoms with Crippen LogP contribution < -0.4 is 0 Å². The number of halogens is 3. The van der Waals surface area contributed by atoms with Gasteiger partial charge >= 0.3 is 5.97 Å². The Morgan fingerprint density at radius 3 is 1.26 bits per heavy atom. The van der Waals surface area contributed by atoms with Crippen LogP contribution in [-0.2, 0) is 38.1 Å². The van der Waals surface area contributed by atoms with Crippen LogP contribution in [-0.4, -0.2) is 86.6 Å². The molecule has 0 amide bonds. The van der Waals surface area contributed by atoms with Crippen molar-refractivity contribution in [2.24, 2.45) is 58.2 Å². The molecule has 0 aromatic heterocycles. The second kappa shape index (κ2) is 49.3. The van der Waals surface area contributed by atoms with Gasteiger partial charge in [0.1, 0.15) is 5.78 Å². The highest BCUT2D eigenvalue weighted by molar-refractivity contribution is 6.76. The minimum absolute atomic E-state index is 0.0868. The topological polar surface area (TPSA) is 118 Å². The van der Waals surface area contributed by atoms with Crippen LogP contribution in [0.2, 0.25) is 0 Å². The number of esters is 1. The Hall–Kier alpha value is -0.780. The van der Waals surface area contributed by atoms with Crippen molar-refractivity contribution in [3.05, 3.63) is 12.7 Å². The Morgan fingerprint density at radius 1 is 0.689 bits per heavy atom. The molecule has 74 heavy (non-hydrogen) atoms. The molecule has 3 aliphatic heterocycles. The maximum Gasteiger partial charge on any atom is 0.305 e. The first kappa shape index (κ1) is 79.7. The molecule has 3 saturated heterocycles. The molecule has 4 unspecified atom stereocenters. The molecule has 0 aromatic carbocycles. The predicted molar refractivity (Wildman–Crippen MR) is 319 cm³/mol. The van der Waals surface area contributed by atoms with Crippen molar-refractivity contribution in [1.82, 2.24) is 0 Å². The Labute approximate surface area is 473 Å². The van der Waals surface area contributed by atoms with E-state index in [1.807, 2.05) is 20.8 Å². The molecule has 6 saturated carbocycles. The first-order valence-corrected chi connectivity index (χ1v) is 30.5. The van der Waals surface area contributed by atoms with Gasteiger partial charge in [-0.3, -0.25) is 9.59 Å². The summed E-state index contributed by atoms with van der Waals surface area (Å²) in [5.74, 6) is 8.56. The average Bonchev–Trinajstić information content (AvgIpc) is 4.10. The van der Waals surface area contributed by atoms with E-state index in [0.29, 0.717) is 30.3 Å². The van der Waals surface area contributed by atoms with Gasteiger partial charge in [0.05, 0.1) is 7.11 Å². The van der Waals surface area contributed by atoms with E-state index in [0.717, 1.165) is 93.2 Å². The zero-order valence-corrected chi connectivity index (χ0v) is 53.7. The number of hydrogen-bond acceptors (Lipinski definition) is 9.